The fourth-order valence-corrected chi connectivity index (χ4v) is 2.21. The average molecular weight is 282 g/mol. The number of carbonyl (C=O) groups excluding carboxylic acids is 1. The topological polar surface area (TPSA) is 26.3 Å². The van der Waals surface area contributed by atoms with Crippen LogP contribution in [0.2, 0.25) is 0 Å². The van der Waals surface area contributed by atoms with Gasteiger partial charge in [0, 0.05) is 11.1 Å². The van der Waals surface area contributed by atoms with Crippen LogP contribution in [0.25, 0.3) is 0 Å². The summed E-state index contributed by atoms with van der Waals surface area (Å²) in [5, 5.41) is 0. The zero-order valence-electron chi connectivity index (χ0n) is 13.1. The molecule has 2 nitrogen and oxygen atoms in total. The van der Waals surface area contributed by atoms with Gasteiger partial charge in [-0.1, -0.05) is 39.8 Å². The second-order valence-corrected chi connectivity index (χ2v) is 6.22. The van der Waals surface area contributed by atoms with E-state index in [1.54, 1.807) is 12.1 Å². The molecular formula is C19H22O2. The number of aldehydes is 1. The summed E-state index contributed by atoms with van der Waals surface area (Å²) in [6.45, 7) is 8.71. The van der Waals surface area contributed by atoms with Gasteiger partial charge in [0.05, 0.1) is 0 Å². The minimum absolute atomic E-state index is 0.0171. The smallest absolute Gasteiger partial charge is 0.150 e. The Kier molecular flexibility index (Phi) is 4.46. The summed E-state index contributed by atoms with van der Waals surface area (Å²) in [5.41, 5.74) is 3.17. The molecule has 2 aromatic carbocycles. The highest BCUT2D eigenvalue weighted by Crippen LogP contribution is 2.35. The van der Waals surface area contributed by atoms with E-state index in [1.165, 1.54) is 11.1 Å². The third-order valence-electron chi connectivity index (χ3n) is 3.50. The largest absolute Gasteiger partial charge is 0.457 e. The van der Waals surface area contributed by atoms with Crippen LogP contribution in [-0.2, 0) is 11.8 Å². The lowest BCUT2D eigenvalue weighted by Gasteiger charge is -2.23. The predicted octanol–water partition coefficient (Wildman–Crippen LogP) is 5.15. The van der Waals surface area contributed by atoms with Crippen LogP contribution in [0.4, 0.5) is 0 Å². The maximum atomic E-state index is 10.7. The third kappa shape index (κ3) is 3.72. The zero-order valence-corrected chi connectivity index (χ0v) is 13.1. The lowest BCUT2D eigenvalue weighted by Crippen LogP contribution is -2.13. The molecule has 0 spiro atoms. The monoisotopic (exact) mass is 282 g/mol. The van der Waals surface area contributed by atoms with Gasteiger partial charge in [0.25, 0.3) is 0 Å². The zero-order chi connectivity index (χ0) is 15.5. The summed E-state index contributed by atoms with van der Waals surface area (Å²) < 4.78 is 6.02. The number of ether oxygens (including phenoxy) is 1. The van der Waals surface area contributed by atoms with Crippen LogP contribution >= 0.6 is 0 Å². The van der Waals surface area contributed by atoms with Crippen molar-refractivity contribution in [2.45, 2.75) is 39.5 Å². The summed E-state index contributed by atoms with van der Waals surface area (Å²) >= 11 is 0. The number of hydrogen-bond acceptors (Lipinski definition) is 2. The first-order chi connectivity index (χ1) is 9.94. The summed E-state index contributed by atoms with van der Waals surface area (Å²) in [7, 11) is 0. The van der Waals surface area contributed by atoms with Gasteiger partial charge >= 0.3 is 0 Å². The van der Waals surface area contributed by atoms with Crippen molar-refractivity contribution in [2.75, 3.05) is 0 Å². The molecule has 110 valence electrons. The van der Waals surface area contributed by atoms with Gasteiger partial charge in [0.15, 0.2) is 0 Å². The molecule has 0 aliphatic heterocycles. The van der Waals surface area contributed by atoms with Crippen molar-refractivity contribution >= 4 is 6.29 Å². The van der Waals surface area contributed by atoms with Crippen LogP contribution in [0.5, 0.6) is 11.5 Å². The number of carbonyl (C=O) groups is 1. The number of hydrogen-bond donors (Lipinski definition) is 0. The van der Waals surface area contributed by atoms with Crippen molar-refractivity contribution in [1.82, 2.24) is 0 Å². The first-order valence-electron chi connectivity index (χ1n) is 7.30. The van der Waals surface area contributed by atoms with Crippen LogP contribution in [0.3, 0.4) is 0 Å². The molecule has 0 N–H and O–H groups in total. The Hall–Kier alpha value is -2.09. The van der Waals surface area contributed by atoms with Crippen LogP contribution in [0.1, 0.15) is 49.2 Å². The van der Waals surface area contributed by atoms with E-state index in [-0.39, 0.29) is 5.41 Å². The standard InChI is InChI=1S/C19H22O2/c1-5-14-8-11-18(17(12-14)19(2,3)4)21-16-9-6-15(13-20)7-10-16/h6-13H,5H2,1-4H3. The molecule has 0 saturated carbocycles. The first kappa shape index (κ1) is 15.3. The van der Waals surface area contributed by atoms with Gasteiger partial charge in [-0.25, -0.2) is 0 Å². The fraction of sp³-hybridized carbons (Fsp3) is 0.316. The molecule has 0 heterocycles. The van der Waals surface area contributed by atoms with Crippen molar-refractivity contribution < 1.29 is 9.53 Å². The highest BCUT2D eigenvalue weighted by atomic mass is 16.5. The number of benzene rings is 2. The van der Waals surface area contributed by atoms with E-state index in [0.29, 0.717) is 5.56 Å². The first-order valence-corrected chi connectivity index (χ1v) is 7.30. The third-order valence-corrected chi connectivity index (χ3v) is 3.50. The minimum Gasteiger partial charge on any atom is -0.457 e. The molecule has 0 radical (unpaired) electrons. The van der Waals surface area contributed by atoms with Crippen molar-refractivity contribution in [2.24, 2.45) is 0 Å². The molecule has 0 unspecified atom stereocenters. The van der Waals surface area contributed by atoms with Crippen LogP contribution < -0.4 is 4.74 Å². The van der Waals surface area contributed by atoms with Crippen LogP contribution in [0, 0.1) is 0 Å². The highest BCUT2D eigenvalue weighted by molar-refractivity contribution is 5.74. The molecule has 0 amide bonds. The molecule has 0 fully saturated rings. The molecule has 2 aromatic rings. The molecule has 0 saturated heterocycles. The molecule has 0 aliphatic rings. The van der Waals surface area contributed by atoms with Crippen LogP contribution in [0.15, 0.2) is 42.5 Å². The lowest BCUT2D eigenvalue weighted by atomic mass is 9.85. The molecule has 21 heavy (non-hydrogen) atoms. The second kappa shape index (κ2) is 6.13. The van der Waals surface area contributed by atoms with Crippen molar-refractivity contribution in [1.29, 1.82) is 0 Å². The Morgan fingerprint density at radius 3 is 2.24 bits per heavy atom. The van der Waals surface area contributed by atoms with Crippen LogP contribution in [-0.4, -0.2) is 6.29 Å². The molecule has 0 aromatic heterocycles. The van der Waals surface area contributed by atoms with E-state index in [9.17, 15) is 4.79 Å². The van der Waals surface area contributed by atoms with Gasteiger partial charge < -0.3 is 4.74 Å². The van der Waals surface area contributed by atoms with E-state index >= 15 is 0 Å². The Morgan fingerprint density at radius 2 is 1.71 bits per heavy atom. The van der Waals surface area contributed by atoms with E-state index in [2.05, 4.69) is 39.8 Å². The van der Waals surface area contributed by atoms with E-state index in [0.717, 1.165) is 24.2 Å². The van der Waals surface area contributed by atoms with Gasteiger partial charge in [0.2, 0.25) is 0 Å². The molecule has 2 heteroatoms. The van der Waals surface area contributed by atoms with Crippen molar-refractivity contribution in [3.05, 3.63) is 59.2 Å². The Morgan fingerprint density at radius 1 is 1.05 bits per heavy atom. The minimum atomic E-state index is 0.0171. The Bertz CT molecular complexity index is 619. The van der Waals surface area contributed by atoms with Gasteiger partial charge in [0.1, 0.15) is 17.8 Å². The van der Waals surface area contributed by atoms with Gasteiger partial charge in [-0.15, -0.1) is 0 Å². The van der Waals surface area contributed by atoms with Crippen molar-refractivity contribution in [3.63, 3.8) is 0 Å². The summed E-state index contributed by atoms with van der Waals surface area (Å²) in [6.07, 6.45) is 1.85. The normalized spacial score (nSPS) is 11.2. The van der Waals surface area contributed by atoms with E-state index in [4.69, 9.17) is 4.74 Å². The highest BCUT2D eigenvalue weighted by Gasteiger charge is 2.19. The Balaban J connectivity index is 2.36. The summed E-state index contributed by atoms with van der Waals surface area (Å²) in [5.74, 6) is 1.62. The fourth-order valence-electron chi connectivity index (χ4n) is 2.21. The molecule has 2 rings (SSSR count). The second-order valence-electron chi connectivity index (χ2n) is 6.22. The average Bonchev–Trinajstić information content (AvgIpc) is 2.47. The number of aryl methyl sites for hydroxylation is 1. The van der Waals surface area contributed by atoms with Gasteiger partial charge in [-0.3, -0.25) is 4.79 Å². The maximum Gasteiger partial charge on any atom is 0.150 e. The quantitative estimate of drug-likeness (QED) is 0.725. The summed E-state index contributed by atoms with van der Waals surface area (Å²) in [6, 6.07) is 13.5. The predicted molar refractivity (Wildman–Crippen MR) is 86.4 cm³/mol. The Labute approximate surface area is 126 Å². The van der Waals surface area contributed by atoms with Crippen molar-refractivity contribution in [3.8, 4) is 11.5 Å². The van der Waals surface area contributed by atoms with E-state index < -0.39 is 0 Å². The van der Waals surface area contributed by atoms with Gasteiger partial charge in [-0.05, 0) is 47.7 Å². The molecular weight excluding hydrogens is 260 g/mol. The summed E-state index contributed by atoms with van der Waals surface area (Å²) in [4.78, 5) is 10.7. The lowest BCUT2D eigenvalue weighted by molar-refractivity contribution is 0.112. The molecule has 0 aliphatic carbocycles. The molecule has 0 bridgehead atoms. The maximum absolute atomic E-state index is 10.7. The number of rotatable bonds is 4. The van der Waals surface area contributed by atoms with Gasteiger partial charge in [-0.2, -0.15) is 0 Å². The molecule has 0 atom stereocenters. The SMILES string of the molecule is CCc1ccc(Oc2ccc(C=O)cc2)c(C(C)(C)C)c1. The van der Waals surface area contributed by atoms with E-state index in [1.807, 2.05) is 18.2 Å².